The summed E-state index contributed by atoms with van der Waals surface area (Å²) in [7, 11) is -4.35. The lowest BCUT2D eigenvalue weighted by Crippen LogP contribution is -2.03. The van der Waals surface area contributed by atoms with Crippen LogP contribution in [0.1, 0.15) is 0 Å². The molecule has 0 amide bonds. The van der Waals surface area contributed by atoms with Crippen molar-refractivity contribution in [2.75, 3.05) is 13.2 Å². The number of hydrogen-bond donors (Lipinski definition) is 1. The van der Waals surface area contributed by atoms with Crippen molar-refractivity contribution >= 4 is 21.5 Å². The van der Waals surface area contributed by atoms with Gasteiger partial charge in [0.05, 0.1) is 11.9 Å². The summed E-state index contributed by atoms with van der Waals surface area (Å²) in [6.07, 6.45) is 1.34. The molecular weight excluding hydrogens is 332 g/mol. The third kappa shape index (κ3) is 5.18. The molecule has 8 heteroatoms. The normalized spacial score (nSPS) is 11.4. The van der Waals surface area contributed by atoms with Gasteiger partial charge in [0.2, 0.25) is 0 Å². The van der Waals surface area contributed by atoms with Crippen LogP contribution in [0.5, 0.6) is 5.75 Å². The van der Waals surface area contributed by atoms with E-state index < -0.39 is 10.1 Å². The van der Waals surface area contributed by atoms with Crippen LogP contribution in [0, 0.1) is 0 Å². The fourth-order valence-corrected chi connectivity index (χ4v) is 2.39. The molecule has 7 nitrogen and oxygen atoms in total. The third-order valence-electron chi connectivity index (χ3n) is 2.84. The summed E-state index contributed by atoms with van der Waals surface area (Å²) in [5.41, 5.74) is 0.566. The van der Waals surface area contributed by atoms with Crippen molar-refractivity contribution in [3.05, 3.63) is 61.4 Å². The quantitative estimate of drug-likeness (QED) is 0.338. The highest BCUT2D eigenvalue weighted by atomic mass is 32.2. The number of azo groups is 1. The fraction of sp³-hybridized carbons (Fsp3) is 0.125. The molecule has 0 aliphatic carbocycles. The maximum Gasteiger partial charge on any atom is 0.296 e. The van der Waals surface area contributed by atoms with Crippen molar-refractivity contribution in [3.8, 4) is 5.75 Å². The number of nitrogens with zero attached hydrogens (tertiary/aromatic N) is 2. The number of hydrogen-bond acceptors (Lipinski definition) is 6. The fourth-order valence-electron chi connectivity index (χ4n) is 1.77. The minimum absolute atomic E-state index is 0.0573. The highest BCUT2D eigenvalue weighted by molar-refractivity contribution is 7.86. The highest BCUT2D eigenvalue weighted by Gasteiger charge is 2.14. The summed E-state index contributed by atoms with van der Waals surface area (Å²) in [5, 5.41) is 7.83. The van der Waals surface area contributed by atoms with E-state index in [9.17, 15) is 8.42 Å². The van der Waals surface area contributed by atoms with Crippen molar-refractivity contribution in [3.63, 3.8) is 0 Å². The van der Waals surface area contributed by atoms with E-state index in [0.717, 1.165) is 0 Å². The summed E-state index contributed by atoms with van der Waals surface area (Å²) in [4.78, 5) is -0.295. The van der Waals surface area contributed by atoms with Crippen molar-refractivity contribution < 1.29 is 22.4 Å². The summed E-state index contributed by atoms with van der Waals surface area (Å²) in [5.74, 6) is 0.639. The van der Waals surface area contributed by atoms with Gasteiger partial charge in [-0.3, -0.25) is 4.55 Å². The van der Waals surface area contributed by atoms with Crippen LogP contribution in [0.4, 0.5) is 11.4 Å². The van der Waals surface area contributed by atoms with Gasteiger partial charge in [-0.1, -0.05) is 18.7 Å². The van der Waals surface area contributed by atoms with E-state index in [1.54, 1.807) is 30.3 Å². The lowest BCUT2D eigenvalue weighted by atomic mass is 10.3. The van der Waals surface area contributed by atoms with E-state index in [2.05, 4.69) is 16.8 Å². The largest absolute Gasteiger partial charge is 0.498 e. The van der Waals surface area contributed by atoms with Crippen LogP contribution in [-0.2, 0) is 14.9 Å². The molecule has 0 radical (unpaired) electrons. The predicted octanol–water partition coefficient (Wildman–Crippen LogP) is 3.89. The second kappa shape index (κ2) is 8.23. The molecule has 2 aromatic rings. The van der Waals surface area contributed by atoms with Gasteiger partial charge in [0.1, 0.15) is 29.5 Å². The molecule has 0 aliphatic heterocycles. The van der Waals surface area contributed by atoms with Gasteiger partial charge in [-0.2, -0.15) is 13.5 Å². The smallest absolute Gasteiger partial charge is 0.296 e. The second-order valence-corrected chi connectivity index (χ2v) is 5.91. The van der Waals surface area contributed by atoms with Crippen molar-refractivity contribution in [2.24, 2.45) is 10.2 Å². The Morgan fingerprint density at radius 1 is 1.04 bits per heavy atom. The van der Waals surface area contributed by atoms with E-state index in [-0.39, 0.29) is 10.6 Å². The summed E-state index contributed by atoms with van der Waals surface area (Å²) < 4.78 is 42.1. The molecule has 0 aliphatic rings. The number of ether oxygens (including phenoxy) is 2. The average molecular weight is 348 g/mol. The molecule has 126 valence electrons. The SMILES string of the molecule is C=COCCOc1ccc(/N=N/c2ccccc2S(=O)(=O)O)cc1. The third-order valence-corrected chi connectivity index (χ3v) is 3.74. The van der Waals surface area contributed by atoms with E-state index in [1.165, 1.54) is 24.5 Å². The van der Waals surface area contributed by atoms with Gasteiger partial charge in [0.25, 0.3) is 10.1 Å². The molecule has 0 saturated heterocycles. The highest BCUT2D eigenvalue weighted by Crippen LogP contribution is 2.26. The van der Waals surface area contributed by atoms with Gasteiger partial charge in [-0.15, -0.1) is 5.11 Å². The molecule has 2 aromatic carbocycles. The maximum atomic E-state index is 11.3. The molecule has 0 aromatic heterocycles. The van der Waals surface area contributed by atoms with Gasteiger partial charge in [0, 0.05) is 0 Å². The van der Waals surface area contributed by atoms with Crippen molar-refractivity contribution in [2.45, 2.75) is 4.90 Å². The van der Waals surface area contributed by atoms with Crippen LogP contribution in [0.3, 0.4) is 0 Å². The Morgan fingerprint density at radius 3 is 2.42 bits per heavy atom. The Bertz CT molecular complexity index is 817. The first kappa shape index (κ1) is 17.6. The van der Waals surface area contributed by atoms with Gasteiger partial charge in [-0.25, -0.2) is 0 Å². The van der Waals surface area contributed by atoms with E-state index >= 15 is 0 Å². The molecule has 0 spiro atoms. The molecule has 0 saturated carbocycles. The Balaban J connectivity index is 2.06. The molecule has 0 unspecified atom stereocenters. The topological polar surface area (TPSA) is 97.5 Å². The Labute approximate surface area is 140 Å². The Morgan fingerprint density at radius 2 is 1.75 bits per heavy atom. The van der Waals surface area contributed by atoms with Gasteiger partial charge in [-0.05, 0) is 36.4 Å². The minimum Gasteiger partial charge on any atom is -0.498 e. The van der Waals surface area contributed by atoms with Crippen LogP contribution >= 0.6 is 0 Å². The van der Waals surface area contributed by atoms with Crippen LogP contribution in [0.25, 0.3) is 0 Å². The molecule has 0 fully saturated rings. The zero-order valence-electron chi connectivity index (χ0n) is 12.7. The molecule has 24 heavy (non-hydrogen) atoms. The molecular formula is C16H16N2O5S. The van der Waals surface area contributed by atoms with Crippen LogP contribution in [-0.4, -0.2) is 26.2 Å². The Hall–Kier alpha value is -2.71. The molecule has 2 rings (SSSR count). The van der Waals surface area contributed by atoms with Crippen LogP contribution < -0.4 is 4.74 Å². The zero-order chi connectivity index (χ0) is 17.4. The van der Waals surface area contributed by atoms with Crippen LogP contribution in [0.15, 0.2) is 76.5 Å². The van der Waals surface area contributed by atoms with E-state index in [0.29, 0.717) is 24.7 Å². The summed E-state index contributed by atoms with van der Waals surface area (Å²) >= 11 is 0. The molecule has 1 N–H and O–H groups in total. The number of rotatable bonds is 8. The standard InChI is InChI=1S/C16H16N2O5S/c1-2-22-11-12-23-14-9-7-13(8-10-14)17-18-15-5-3-4-6-16(15)24(19,20)21/h2-10H,1,11-12H2,(H,19,20,21)/b18-17+. The Kier molecular flexibility index (Phi) is 6.05. The van der Waals surface area contributed by atoms with Gasteiger partial charge in [0.15, 0.2) is 0 Å². The van der Waals surface area contributed by atoms with Crippen molar-refractivity contribution in [1.29, 1.82) is 0 Å². The van der Waals surface area contributed by atoms with Crippen LogP contribution in [0.2, 0.25) is 0 Å². The van der Waals surface area contributed by atoms with E-state index in [1.807, 2.05) is 0 Å². The van der Waals surface area contributed by atoms with Crippen molar-refractivity contribution in [1.82, 2.24) is 0 Å². The van der Waals surface area contributed by atoms with Gasteiger partial charge < -0.3 is 9.47 Å². The summed E-state index contributed by atoms with van der Waals surface area (Å²) in [6.45, 7) is 4.21. The van der Waals surface area contributed by atoms with Gasteiger partial charge >= 0.3 is 0 Å². The summed E-state index contributed by atoms with van der Waals surface area (Å²) in [6, 6.07) is 12.5. The maximum absolute atomic E-state index is 11.3. The first-order valence-corrected chi connectivity index (χ1v) is 8.38. The predicted molar refractivity (Wildman–Crippen MR) is 88.5 cm³/mol. The molecule has 0 bridgehead atoms. The minimum atomic E-state index is -4.35. The first-order valence-electron chi connectivity index (χ1n) is 6.94. The number of benzene rings is 2. The van der Waals surface area contributed by atoms with E-state index in [4.69, 9.17) is 14.0 Å². The monoisotopic (exact) mass is 348 g/mol. The average Bonchev–Trinajstić information content (AvgIpc) is 2.57. The zero-order valence-corrected chi connectivity index (χ0v) is 13.5. The molecule has 0 heterocycles. The first-order chi connectivity index (χ1) is 11.5. The lowest BCUT2D eigenvalue weighted by molar-refractivity contribution is 0.179. The lowest BCUT2D eigenvalue weighted by Gasteiger charge is -2.05. The molecule has 0 atom stereocenters. The second-order valence-electron chi connectivity index (χ2n) is 4.52.